The van der Waals surface area contributed by atoms with Gasteiger partial charge in [0.2, 0.25) is 5.91 Å². The van der Waals surface area contributed by atoms with Gasteiger partial charge in [-0.25, -0.2) is 4.98 Å². The second-order valence-corrected chi connectivity index (χ2v) is 11.3. The Hall–Kier alpha value is -2.25. The van der Waals surface area contributed by atoms with Gasteiger partial charge in [0.25, 0.3) is 5.91 Å². The molecule has 0 radical (unpaired) electrons. The van der Waals surface area contributed by atoms with Crippen LogP contribution in [0.5, 0.6) is 0 Å². The predicted octanol–water partition coefficient (Wildman–Crippen LogP) is 4.91. The van der Waals surface area contributed by atoms with Crippen molar-refractivity contribution in [2.45, 2.75) is 59.3 Å². The highest BCUT2D eigenvalue weighted by Crippen LogP contribution is 2.31. The van der Waals surface area contributed by atoms with E-state index in [1.54, 1.807) is 0 Å². The first-order valence-electron chi connectivity index (χ1n) is 13.3. The van der Waals surface area contributed by atoms with Crippen molar-refractivity contribution in [1.29, 1.82) is 0 Å². The number of benzene rings is 1. The summed E-state index contributed by atoms with van der Waals surface area (Å²) in [5, 5.41) is 4.06. The van der Waals surface area contributed by atoms with Gasteiger partial charge in [0, 0.05) is 37.7 Å². The van der Waals surface area contributed by atoms with E-state index in [1.165, 1.54) is 42.6 Å². The van der Waals surface area contributed by atoms with Crippen molar-refractivity contribution in [2.24, 2.45) is 11.8 Å². The highest BCUT2D eigenvalue weighted by Gasteiger charge is 2.31. The normalized spacial score (nSPS) is 18.8. The van der Waals surface area contributed by atoms with Crippen LogP contribution < -0.4 is 5.32 Å². The van der Waals surface area contributed by atoms with Crippen LogP contribution in [0.4, 0.5) is 0 Å². The lowest BCUT2D eigenvalue weighted by Gasteiger charge is -2.34. The van der Waals surface area contributed by atoms with Crippen LogP contribution in [0.2, 0.25) is 0 Å². The fourth-order valence-corrected chi connectivity index (χ4v) is 6.27. The van der Waals surface area contributed by atoms with E-state index in [1.807, 2.05) is 18.7 Å². The number of hydrogen-bond acceptors (Lipinski definition) is 5. The van der Waals surface area contributed by atoms with Crippen LogP contribution >= 0.6 is 11.3 Å². The summed E-state index contributed by atoms with van der Waals surface area (Å²) in [5.74, 6) is 0.537. The molecule has 1 aromatic heterocycles. The molecule has 2 aliphatic heterocycles. The zero-order valence-corrected chi connectivity index (χ0v) is 22.3. The third-order valence-corrected chi connectivity index (χ3v) is 8.86. The van der Waals surface area contributed by atoms with Crippen molar-refractivity contribution in [2.75, 3.05) is 39.3 Å². The minimum absolute atomic E-state index is 0.0188. The second-order valence-electron chi connectivity index (χ2n) is 10.3. The zero-order valence-electron chi connectivity index (χ0n) is 21.5. The topological polar surface area (TPSA) is 65.5 Å². The standard InChI is InChI=1S/C28H40N4O2S/c1-20-8-10-24(11-9-20)27-30-22(3)25(35-27)28(34)32-17-12-23(13-18-32)21(2)26(33)29-14-19-31-15-6-4-5-7-16-31/h8-11,21,23H,4-7,12-19H2,1-3H3,(H,29,33)/t21-/m0/s1. The molecule has 190 valence electrons. The Kier molecular flexibility index (Phi) is 8.95. The summed E-state index contributed by atoms with van der Waals surface area (Å²) in [4.78, 5) is 35.9. The highest BCUT2D eigenvalue weighted by molar-refractivity contribution is 7.17. The molecule has 3 heterocycles. The number of likely N-dealkylation sites (tertiary alicyclic amines) is 2. The number of thiazole rings is 1. The van der Waals surface area contributed by atoms with Gasteiger partial charge in [-0.1, -0.05) is 49.6 Å². The van der Waals surface area contributed by atoms with Crippen LogP contribution in [0, 0.1) is 25.7 Å². The van der Waals surface area contributed by atoms with Crippen LogP contribution in [-0.2, 0) is 4.79 Å². The van der Waals surface area contributed by atoms with Crippen LogP contribution in [0.1, 0.15) is 66.4 Å². The monoisotopic (exact) mass is 496 g/mol. The lowest BCUT2D eigenvalue weighted by Crippen LogP contribution is -2.43. The van der Waals surface area contributed by atoms with Gasteiger partial charge >= 0.3 is 0 Å². The molecule has 1 N–H and O–H groups in total. The van der Waals surface area contributed by atoms with Crippen LogP contribution in [0.3, 0.4) is 0 Å². The maximum atomic E-state index is 13.3. The van der Waals surface area contributed by atoms with E-state index in [0.717, 1.165) is 60.2 Å². The van der Waals surface area contributed by atoms with Crippen molar-refractivity contribution in [3.05, 3.63) is 40.4 Å². The molecular formula is C28H40N4O2S. The van der Waals surface area contributed by atoms with E-state index in [0.29, 0.717) is 19.0 Å². The quantitative estimate of drug-likeness (QED) is 0.592. The summed E-state index contributed by atoms with van der Waals surface area (Å²) in [6, 6.07) is 8.27. The summed E-state index contributed by atoms with van der Waals surface area (Å²) >= 11 is 1.48. The lowest BCUT2D eigenvalue weighted by atomic mass is 9.85. The number of amides is 2. The molecule has 0 aliphatic carbocycles. The largest absolute Gasteiger partial charge is 0.355 e. The fourth-order valence-electron chi connectivity index (χ4n) is 5.23. The number of hydrogen-bond donors (Lipinski definition) is 1. The summed E-state index contributed by atoms with van der Waals surface area (Å²) < 4.78 is 0. The lowest BCUT2D eigenvalue weighted by molar-refractivity contribution is -0.126. The average Bonchev–Trinajstić information content (AvgIpc) is 3.07. The molecule has 35 heavy (non-hydrogen) atoms. The zero-order chi connectivity index (χ0) is 24.8. The third-order valence-electron chi connectivity index (χ3n) is 7.66. The number of rotatable bonds is 7. The predicted molar refractivity (Wildman–Crippen MR) is 143 cm³/mol. The maximum absolute atomic E-state index is 13.3. The fraction of sp³-hybridized carbons (Fsp3) is 0.607. The van der Waals surface area contributed by atoms with Crippen LogP contribution in [0.15, 0.2) is 24.3 Å². The summed E-state index contributed by atoms with van der Waals surface area (Å²) in [7, 11) is 0. The molecule has 1 aromatic carbocycles. The van der Waals surface area contributed by atoms with Crippen LogP contribution in [-0.4, -0.2) is 65.9 Å². The molecule has 1 atom stereocenters. The Balaban J connectivity index is 1.25. The highest BCUT2D eigenvalue weighted by atomic mass is 32.1. The molecule has 2 aliphatic rings. The second kappa shape index (κ2) is 12.1. The Bertz CT molecular complexity index is 987. The van der Waals surface area contributed by atoms with Gasteiger partial charge in [0.15, 0.2) is 0 Å². The summed E-state index contributed by atoms with van der Waals surface area (Å²) in [5.41, 5.74) is 3.06. The number of nitrogens with zero attached hydrogens (tertiary/aromatic N) is 3. The Morgan fingerprint density at radius 2 is 1.69 bits per heavy atom. The van der Waals surface area contributed by atoms with Crippen molar-refractivity contribution >= 4 is 23.2 Å². The smallest absolute Gasteiger partial charge is 0.265 e. The van der Waals surface area contributed by atoms with Gasteiger partial charge in [-0.05, 0) is 58.5 Å². The maximum Gasteiger partial charge on any atom is 0.265 e. The number of carbonyl (C=O) groups is 2. The van der Waals surface area contributed by atoms with E-state index in [2.05, 4.69) is 46.4 Å². The molecule has 7 heteroatoms. The van der Waals surface area contributed by atoms with Crippen molar-refractivity contribution in [1.82, 2.24) is 20.1 Å². The summed E-state index contributed by atoms with van der Waals surface area (Å²) in [6.45, 7) is 11.4. The molecule has 0 spiro atoms. The molecule has 0 saturated carbocycles. The van der Waals surface area contributed by atoms with Gasteiger partial charge in [-0.15, -0.1) is 11.3 Å². The van der Waals surface area contributed by atoms with Gasteiger partial charge < -0.3 is 15.1 Å². The Morgan fingerprint density at radius 3 is 2.34 bits per heavy atom. The summed E-state index contributed by atoms with van der Waals surface area (Å²) in [6.07, 6.45) is 6.95. The van der Waals surface area contributed by atoms with E-state index in [9.17, 15) is 9.59 Å². The van der Waals surface area contributed by atoms with Crippen LogP contribution in [0.25, 0.3) is 10.6 Å². The first kappa shape index (κ1) is 25.8. The molecule has 2 amide bonds. The number of nitrogens with one attached hydrogen (secondary N) is 1. The first-order chi connectivity index (χ1) is 16.9. The van der Waals surface area contributed by atoms with Gasteiger partial charge in [-0.2, -0.15) is 0 Å². The molecule has 4 rings (SSSR count). The molecule has 2 fully saturated rings. The molecule has 2 aromatic rings. The van der Waals surface area contributed by atoms with E-state index in [-0.39, 0.29) is 17.7 Å². The van der Waals surface area contributed by atoms with E-state index in [4.69, 9.17) is 0 Å². The Labute approximate surface area is 214 Å². The van der Waals surface area contributed by atoms with Crippen molar-refractivity contribution in [3.63, 3.8) is 0 Å². The van der Waals surface area contributed by atoms with E-state index < -0.39 is 0 Å². The van der Waals surface area contributed by atoms with Gasteiger partial charge in [0.05, 0.1) is 5.69 Å². The number of aryl methyl sites for hydroxylation is 2. The minimum Gasteiger partial charge on any atom is -0.355 e. The third kappa shape index (κ3) is 6.70. The Morgan fingerprint density at radius 1 is 1.03 bits per heavy atom. The molecule has 2 saturated heterocycles. The average molecular weight is 497 g/mol. The molecule has 0 unspecified atom stereocenters. The molecular weight excluding hydrogens is 456 g/mol. The molecule has 0 bridgehead atoms. The van der Waals surface area contributed by atoms with Gasteiger partial charge in [-0.3, -0.25) is 9.59 Å². The van der Waals surface area contributed by atoms with E-state index >= 15 is 0 Å². The SMILES string of the molecule is Cc1ccc(-c2nc(C)c(C(=O)N3CCC([C@H](C)C(=O)NCCN4CCCCCC4)CC3)s2)cc1. The van der Waals surface area contributed by atoms with Crippen molar-refractivity contribution in [3.8, 4) is 10.6 Å². The number of aromatic nitrogens is 1. The number of piperidine rings is 1. The van der Waals surface area contributed by atoms with Crippen molar-refractivity contribution < 1.29 is 9.59 Å². The molecule has 6 nitrogen and oxygen atoms in total. The van der Waals surface area contributed by atoms with Gasteiger partial charge in [0.1, 0.15) is 9.88 Å². The number of carbonyl (C=O) groups excluding carboxylic acids is 2. The first-order valence-corrected chi connectivity index (χ1v) is 14.1. The minimum atomic E-state index is -0.0188.